The van der Waals surface area contributed by atoms with Crippen LogP contribution >= 0.6 is 0 Å². The highest BCUT2D eigenvalue weighted by Gasteiger charge is 2.20. The van der Waals surface area contributed by atoms with E-state index in [-0.39, 0.29) is 5.91 Å². The maximum absolute atomic E-state index is 12.8. The minimum absolute atomic E-state index is 0.139. The predicted octanol–water partition coefficient (Wildman–Crippen LogP) is 2.66. The Labute approximate surface area is 143 Å². The topological polar surface area (TPSA) is 57.7 Å². The molecule has 128 valence electrons. The number of benzene rings is 2. The van der Waals surface area contributed by atoms with Crippen LogP contribution in [-0.4, -0.2) is 39.6 Å². The molecule has 0 saturated carbocycles. The SMILES string of the molecule is Cc1c(C(=O)N(C)Cc2ccccc2)cccc1N(C)S(C)(=O)=O. The van der Waals surface area contributed by atoms with Gasteiger partial charge in [-0.05, 0) is 30.2 Å². The molecule has 0 aliphatic rings. The quantitative estimate of drug-likeness (QED) is 0.836. The van der Waals surface area contributed by atoms with Crippen LogP contribution in [-0.2, 0) is 16.6 Å². The standard InChI is InChI=1S/C18H22N2O3S/c1-14-16(11-8-12-17(14)20(3)24(4,22)23)18(21)19(2)13-15-9-6-5-7-10-15/h5-12H,13H2,1-4H3. The van der Waals surface area contributed by atoms with Crippen LogP contribution in [0, 0.1) is 6.92 Å². The van der Waals surface area contributed by atoms with Gasteiger partial charge in [0.15, 0.2) is 0 Å². The molecule has 5 nitrogen and oxygen atoms in total. The Morgan fingerprint density at radius 2 is 1.62 bits per heavy atom. The number of amides is 1. The molecule has 0 aliphatic heterocycles. The van der Waals surface area contributed by atoms with Gasteiger partial charge in [0.1, 0.15) is 0 Å². The molecule has 2 aromatic carbocycles. The van der Waals surface area contributed by atoms with Gasteiger partial charge in [0.2, 0.25) is 10.0 Å². The van der Waals surface area contributed by atoms with Crippen molar-refractivity contribution in [3.05, 3.63) is 65.2 Å². The zero-order valence-electron chi connectivity index (χ0n) is 14.4. The van der Waals surface area contributed by atoms with Gasteiger partial charge in [-0.3, -0.25) is 9.10 Å². The lowest BCUT2D eigenvalue weighted by Gasteiger charge is -2.23. The first-order chi connectivity index (χ1) is 11.2. The molecule has 0 unspecified atom stereocenters. The van der Waals surface area contributed by atoms with Crippen LogP contribution in [0.1, 0.15) is 21.5 Å². The van der Waals surface area contributed by atoms with Crippen molar-refractivity contribution < 1.29 is 13.2 Å². The van der Waals surface area contributed by atoms with Crippen molar-refractivity contribution in [1.82, 2.24) is 4.90 Å². The molecule has 0 heterocycles. The van der Waals surface area contributed by atoms with Gasteiger partial charge in [-0.25, -0.2) is 8.42 Å². The van der Waals surface area contributed by atoms with Crippen LogP contribution in [0.4, 0.5) is 5.69 Å². The lowest BCUT2D eigenvalue weighted by molar-refractivity contribution is 0.0784. The summed E-state index contributed by atoms with van der Waals surface area (Å²) in [7, 11) is -0.158. The number of carbonyl (C=O) groups is 1. The van der Waals surface area contributed by atoms with E-state index in [1.165, 1.54) is 11.4 Å². The maximum atomic E-state index is 12.8. The lowest BCUT2D eigenvalue weighted by atomic mass is 10.1. The second-order valence-corrected chi connectivity index (χ2v) is 7.84. The van der Waals surface area contributed by atoms with Crippen LogP contribution < -0.4 is 4.31 Å². The molecule has 0 radical (unpaired) electrons. The Bertz CT molecular complexity index is 833. The first-order valence-electron chi connectivity index (χ1n) is 7.54. The average Bonchev–Trinajstić information content (AvgIpc) is 2.54. The third kappa shape index (κ3) is 3.94. The van der Waals surface area contributed by atoms with Gasteiger partial charge in [0, 0.05) is 26.2 Å². The molecule has 0 atom stereocenters. The van der Waals surface area contributed by atoms with Crippen molar-refractivity contribution in [3.8, 4) is 0 Å². The summed E-state index contributed by atoms with van der Waals surface area (Å²) in [5, 5.41) is 0. The van der Waals surface area contributed by atoms with Crippen molar-refractivity contribution >= 4 is 21.6 Å². The summed E-state index contributed by atoms with van der Waals surface area (Å²) in [6, 6.07) is 14.8. The van der Waals surface area contributed by atoms with Crippen molar-refractivity contribution in [2.24, 2.45) is 0 Å². The third-order valence-corrected chi connectivity index (χ3v) is 5.17. The Hall–Kier alpha value is -2.34. The first-order valence-corrected chi connectivity index (χ1v) is 9.39. The summed E-state index contributed by atoms with van der Waals surface area (Å²) in [6.45, 7) is 2.26. The Morgan fingerprint density at radius 3 is 2.21 bits per heavy atom. The van der Waals surface area contributed by atoms with Crippen molar-refractivity contribution in [1.29, 1.82) is 0 Å². The summed E-state index contributed by atoms with van der Waals surface area (Å²) in [4.78, 5) is 14.4. The van der Waals surface area contributed by atoms with Gasteiger partial charge in [-0.2, -0.15) is 0 Å². The van der Waals surface area contributed by atoms with Gasteiger partial charge < -0.3 is 4.90 Å². The molecule has 0 spiro atoms. The molecular formula is C18H22N2O3S. The van der Waals surface area contributed by atoms with Crippen molar-refractivity contribution in [2.45, 2.75) is 13.5 Å². The zero-order chi connectivity index (χ0) is 17.9. The number of sulfonamides is 1. The number of rotatable bonds is 5. The molecule has 0 saturated heterocycles. The number of hydrogen-bond acceptors (Lipinski definition) is 3. The Balaban J connectivity index is 2.30. The lowest BCUT2D eigenvalue weighted by Crippen LogP contribution is -2.29. The fraction of sp³-hybridized carbons (Fsp3) is 0.278. The summed E-state index contributed by atoms with van der Waals surface area (Å²) < 4.78 is 24.7. The van der Waals surface area contributed by atoms with E-state index in [2.05, 4.69) is 0 Å². The van der Waals surface area contributed by atoms with E-state index < -0.39 is 10.0 Å². The van der Waals surface area contributed by atoms with Gasteiger partial charge in [0.25, 0.3) is 5.91 Å². The molecular weight excluding hydrogens is 324 g/mol. The van der Waals surface area contributed by atoms with Crippen LogP contribution in [0.3, 0.4) is 0 Å². The van der Waals surface area contributed by atoms with Crippen LogP contribution in [0.15, 0.2) is 48.5 Å². The van der Waals surface area contributed by atoms with Gasteiger partial charge in [-0.15, -0.1) is 0 Å². The minimum Gasteiger partial charge on any atom is -0.337 e. The zero-order valence-corrected chi connectivity index (χ0v) is 15.2. The van der Waals surface area contributed by atoms with Crippen molar-refractivity contribution in [2.75, 3.05) is 24.7 Å². The molecule has 0 bridgehead atoms. The molecule has 0 aliphatic carbocycles. The summed E-state index contributed by atoms with van der Waals surface area (Å²) >= 11 is 0. The maximum Gasteiger partial charge on any atom is 0.254 e. The first kappa shape index (κ1) is 18.0. The molecule has 2 rings (SSSR count). The van der Waals surface area contributed by atoms with Gasteiger partial charge in [-0.1, -0.05) is 36.4 Å². The molecule has 24 heavy (non-hydrogen) atoms. The Kier molecular flexibility index (Phi) is 5.29. The Morgan fingerprint density at radius 1 is 1.00 bits per heavy atom. The van der Waals surface area contributed by atoms with E-state index in [1.54, 1.807) is 37.1 Å². The normalized spacial score (nSPS) is 11.2. The molecule has 0 aromatic heterocycles. The number of anilines is 1. The van der Waals surface area contributed by atoms with E-state index in [0.717, 1.165) is 11.8 Å². The van der Waals surface area contributed by atoms with E-state index in [0.29, 0.717) is 23.4 Å². The monoisotopic (exact) mass is 346 g/mol. The third-order valence-electron chi connectivity index (χ3n) is 3.98. The number of nitrogens with zero attached hydrogens (tertiary/aromatic N) is 2. The number of carbonyl (C=O) groups excluding carboxylic acids is 1. The second kappa shape index (κ2) is 7.05. The molecule has 1 amide bonds. The fourth-order valence-corrected chi connectivity index (χ4v) is 3.06. The highest BCUT2D eigenvalue weighted by molar-refractivity contribution is 7.92. The molecule has 6 heteroatoms. The van der Waals surface area contributed by atoms with Crippen LogP contribution in [0.2, 0.25) is 0 Å². The van der Waals surface area contributed by atoms with E-state index in [1.807, 2.05) is 30.3 Å². The fourth-order valence-electron chi connectivity index (χ4n) is 2.51. The van der Waals surface area contributed by atoms with E-state index >= 15 is 0 Å². The highest BCUT2D eigenvalue weighted by atomic mass is 32.2. The molecule has 0 fully saturated rings. The van der Waals surface area contributed by atoms with Crippen LogP contribution in [0.25, 0.3) is 0 Å². The molecule has 0 N–H and O–H groups in total. The van der Waals surface area contributed by atoms with Gasteiger partial charge in [0.05, 0.1) is 11.9 Å². The molecule has 2 aromatic rings. The van der Waals surface area contributed by atoms with Crippen molar-refractivity contribution in [3.63, 3.8) is 0 Å². The largest absolute Gasteiger partial charge is 0.337 e. The van der Waals surface area contributed by atoms with E-state index in [9.17, 15) is 13.2 Å². The smallest absolute Gasteiger partial charge is 0.254 e. The summed E-state index contributed by atoms with van der Waals surface area (Å²) in [5.74, 6) is -0.139. The van der Waals surface area contributed by atoms with E-state index in [4.69, 9.17) is 0 Å². The summed E-state index contributed by atoms with van der Waals surface area (Å²) in [5.41, 5.74) is 2.70. The highest BCUT2D eigenvalue weighted by Crippen LogP contribution is 2.25. The van der Waals surface area contributed by atoms with Crippen LogP contribution in [0.5, 0.6) is 0 Å². The number of hydrogen-bond donors (Lipinski definition) is 0. The predicted molar refractivity (Wildman–Crippen MR) is 96.7 cm³/mol. The average molecular weight is 346 g/mol. The summed E-state index contributed by atoms with van der Waals surface area (Å²) in [6.07, 6.45) is 1.14. The van der Waals surface area contributed by atoms with Gasteiger partial charge >= 0.3 is 0 Å². The second-order valence-electron chi connectivity index (χ2n) is 5.83. The minimum atomic E-state index is -3.38.